The zero-order valence-electron chi connectivity index (χ0n) is 44.4. The number of aliphatic hydroxyl groups is 1. The minimum atomic E-state index is -4.60. The summed E-state index contributed by atoms with van der Waals surface area (Å²) in [7, 11) is 1.24. The third kappa shape index (κ3) is 50.6. The van der Waals surface area contributed by atoms with Crippen LogP contribution in [-0.4, -0.2) is 68.5 Å². The Morgan fingerprint density at radius 1 is 0.530 bits per heavy atom. The predicted octanol–water partition coefficient (Wildman–Crippen LogP) is 16.4. The molecule has 0 aliphatic heterocycles. The van der Waals surface area contributed by atoms with Gasteiger partial charge >= 0.3 is 0 Å². The van der Waals surface area contributed by atoms with Gasteiger partial charge in [0.15, 0.2) is 0 Å². The maximum atomic E-state index is 12.9. The standard InChI is InChI=1S/C57H111N2O6P/c1-6-8-10-12-14-16-18-19-20-21-22-23-24-25-26-27-28-29-30-31-32-33-34-35-36-37-38-39-40-41-43-45-47-49-51-57(61)58-55(54-65-66(62,63)64-53-52-59(3,4)5)56(60)50-48-46-44-42-17-15-13-11-9-7-2/h9,11,17,42,48,50,55-56,60H,6-8,10,12-16,18-41,43-47,49,51-54H2,1-5H3,(H-,58,61,62,63)/b11-9+,42-17+,50-48+. The number of hydrogen-bond acceptors (Lipinski definition) is 6. The molecule has 2 N–H and O–H groups in total. The Bertz CT molecular complexity index is 1170. The van der Waals surface area contributed by atoms with Crippen molar-refractivity contribution in [3.8, 4) is 0 Å². The molecule has 390 valence electrons. The van der Waals surface area contributed by atoms with Crippen molar-refractivity contribution in [2.75, 3.05) is 40.9 Å². The van der Waals surface area contributed by atoms with E-state index < -0.39 is 26.6 Å². The lowest BCUT2D eigenvalue weighted by molar-refractivity contribution is -0.870. The molecule has 66 heavy (non-hydrogen) atoms. The molecule has 0 rings (SSSR count). The molecule has 3 atom stereocenters. The van der Waals surface area contributed by atoms with Gasteiger partial charge in [-0.2, -0.15) is 0 Å². The molecule has 0 saturated carbocycles. The van der Waals surface area contributed by atoms with Crippen LogP contribution in [0.3, 0.4) is 0 Å². The maximum Gasteiger partial charge on any atom is 0.268 e. The Labute approximate surface area is 410 Å². The summed E-state index contributed by atoms with van der Waals surface area (Å²) in [5.74, 6) is -0.210. The summed E-state index contributed by atoms with van der Waals surface area (Å²) < 4.78 is 23.2. The van der Waals surface area contributed by atoms with E-state index in [4.69, 9.17) is 9.05 Å². The van der Waals surface area contributed by atoms with Crippen molar-refractivity contribution in [2.45, 2.75) is 283 Å². The number of carbonyl (C=O) groups is 1. The van der Waals surface area contributed by atoms with Crippen molar-refractivity contribution in [1.82, 2.24) is 5.32 Å². The van der Waals surface area contributed by atoms with Gasteiger partial charge in [0, 0.05) is 6.42 Å². The molecule has 0 aliphatic carbocycles. The molecule has 0 saturated heterocycles. The first-order valence-corrected chi connectivity index (χ1v) is 29.8. The molecule has 0 heterocycles. The third-order valence-corrected chi connectivity index (χ3v) is 13.8. The number of carbonyl (C=O) groups excluding carboxylic acids is 1. The maximum absolute atomic E-state index is 12.9. The normalized spacial score (nSPS) is 14.2. The highest BCUT2D eigenvalue weighted by Gasteiger charge is 2.23. The second-order valence-electron chi connectivity index (χ2n) is 20.6. The number of rotatable bonds is 52. The topological polar surface area (TPSA) is 108 Å². The molecule has 0 aromatic carbocycles. The van der Waals surface area contributed by atoms with Gasteiger partial charge in [-0.3, -0.25) is 9.36 Å². The molecular formula is C57H111N2O6P. The highest BCUT2D eigenvalue weighted by Crippen LogP contribution is 2.38. The van der Waals surface area contributed by atoms with Crippen LogP contribution in [0.4, 0.5) is 0 Å². The van der Waals surface area contributed by atoms with Gasteiger partial charge in [-0.25, -0.2) is 0 Å². The van der Waals surface area contributed by atoms with Crippen LogP contribution in [-0.2, 0) is 18.4 Å². The smallest absolute Gasteiger partial charge is 0.268 e. The van der Waals surface area contributed by atoms with E-state index in [1.807, 2.05) is 27.2 Å². The van der Waals surface area contributed by atoms with Crippen LogP contribution in [0.15, 0.2) is 36.5 Å². The van der Waals surface area contributed by atoms with Crippen molar-refractivity contribution < 1.29 is 32.9 Å². The molecule has 0 bridgehead atoms. The number of amides is 1. The van der Waals surface area contributed by atoms with Crippen LogP contribution in [0.1, 0.15) is 271 Å². The van der Waals surface area contributed by atoms with Gasteiger partial charge < -0.3 is 28.8 Å². The number of nitrogens with zero attached hydrogens (tertiary/aromatic N) is 1. The average molecular weight is 951 g/mol. The molecule has 1 amide bonds. The van der Waals surface area contributed by atoms with Crippen molar-refractivity contribution in [3.05, 3.63) is 36.5 Å². The van der Waals surface area contributed by atoms with Crippen molar-refractivity contribution >= 4 is 13.7 Å². The fraction of sp³-hybridized carbons (Fsp3) is 0.877. The van der Waals surface area contributed by atoms with Crippen LogP contribution < -0.4 is 10.2 Å². The van der Waals surface area contributed by atoms with E-state index in [-0.39, 0.29) is 12.5 Å². The lowest BCUT2D eigenvalue weighted by Crippen LogP contribution is -2.45. The quantitative estimate of drug-likeness (QED) is 0.0272. The number of hydrogen-bond donors (Lipinski definition) is 2. The first-order chi connectivity index (χ1) is 32.0. The summed E-state index contributed by atoms with van der Waals surface area (Å²) in [6, 6.07) is -0.906. The second kappa shape index (κ2) is 48.7. The van der Waals surface area contributed by atoms with Crippen LogP contribution in [0.5, 0.6) is 0 Å². The van der Waals surface area contributed by atoms with Gasteiger partial charge in [-0.05, 0) is 38.5 Å². The van der Waals surface area contributed by atoms with Crippen LogP contribution in [0.25, 0.3) is 0 Å². The van der Waals surface area contributed by atoms with Crippen LogP contribution >= 0.6 is 7.82 Å². The zero-order valence-corrected chi connectivity index (χ0v) is 45.3. The molecule has 0 aliphatic rings. The Kier molecular flexibility index (Phi) is 47.8. The fourth-order valence-corrected chi connectivity index (χ4v) is 9.15. The number of phosphoric acid groups is 1. The molecule has 0 aromatic heterocycles. The lowest BCUT2D eigenvalue weighted by Gasteiger charge is -2.29. The van der Waals surface area contributed by atoms with Crippen molar-refractivity contribution in [2.24, 2.45) is 0 Å². The Morgan fingerprint density at radius 2 is 0.864 bits per heavy atom. The number of phosphoric ester groups is 1. The van der Waals surface area contributed by atoms with Crippen molar-refractivity contribution in [3.63, 3.8) is 0 Å². The van der Waals surface area contributed by atoms with Gasteiger partial charge in [0.05, 0.1) is 39.9 Å². The number of unbranched alkanes of at least 4 members (excludes halogenated alkanes) is 35. The van der Waals surface area contributed by atoms with E-state index in [9.17, 15) is 19.4 Å². The number of likely N-dealkylation sites (N-methyl/N-ethyl adjacent to an activating group) is 1. The molecular weight excluding hydrogens is 840 g/mol. The number of nitrogens with one attached hydrogen (secondary N) is 1. The second-order valence-corrected chi connectivity index (χ2v) is 22.0. The van der Waals surface area contributed by atoms with Gasteiger partial charge in [-0.1, -0.05) is 262 Å². The average Bonchev–Trinajstić information content (AvgIpc) is 3.28. The molecule has 0 aromatic rings. The first kappa shape index (κ1) is 64.7. The van der Waals surface area contributed by atoms with E-state index in [2.05, 4.69) is 43.5 Å². The number of aliphatic hydroxyl groups excluding tert-OH is 1. The first-order valence-electron chi connectivity index (χ1n) is 28.4. The summed E-state index contributed by atoms with van der Waals surface area (Å²) in [6.45, 7) is 4.51. The largest absolute Gasteiger partial charge is 0.756 e. The lowest BCUT2D eigenvalue weighted by atomic mass is 10.0. The summed E-state index contributed by atoms with van der Waals surface area (Å²) >= 11 is 0. The van der Waals surface area contributed by atoms with E-state index in [0.717, 1.165) is 51.4 Å². The highest BCUT2D eigenvalue weighted by atomic mass is 31.2. The van der Waals surface area contributed by atoms with Gasteiger partial charge in [-0.15, -0.1) is 0 Å². The van der Waals surface area contributed by atoms with Crippen molar-refractivity contribution in [1.29, 1.82) is 0 Å². The molecule has 0 fully saturated rings. The molecule has 9 heteroatoms. The van der Waals surface area contributed by atoms with Gasteiger partial charge in [0.25, 0.3) is 7.82 Å². The Morgan fingerprint density at radius 3 is 1.21 bits per heavy atom. The highest BCUT2D eigenvalue weighted by molar-refractivity contribution is 7.45. The Balaban J connectivity index is 3.89. The monoisotopic (exact) mass is 951 g/mol. The van der Waals surface area contributed by atoms with Gasteiger partial charge in [0.2, 0.25) is 5.91 Å². The summed E-state index contributed by atoms with van der Waals surface area (Å²) in [5, 5.41) is 13.7. The summed E-state index contributed by atoms with van der Waals surface area (Å²) in [6.07, 6.45) is 62.7. The SMILES string of the molecule is CC/C=C/CC/C=C/CC/C=C/C(O)C(COP(=O)([O-])OCC[N+](C)(C)C)NC(=O)CCCCCCCCCCCCCCCCCCCCCCCCCCCCCCCCCCCC. The number of quaternary nitrogens is 1. The van der Waals surface area contributed by atoms with Crippen LogP contribution in [0.2, 0.25) is 0 Å². The Hall–Kier alpha value is -1.28. The number of allylic oxidation sites excluding steroid dienone is 5. The summed E-state index contributed by atoms with van der Waals surface area (Å²) in [5.41, 5.74) is 0. The minimum Gasteiger partial charge on any atom is -0.756 e. The fourth-order valence-electron chi connectivity index (χ4n) is 8.43. The molecule has 0 spiro atoms. The molecule has 3 unspecified atom stereocenters. The van der Waals surface area contributed by atoms with Crippen LogP contribution in [0, 0.1) is 0 Å². The molecule has 0 radical (unpaired) electrons. The molecule has 8 nitrogen and oxygen atoms in total. The van der Waals surface area contributed by atoms with E-state index in [1.54, 1.807) is 6.08 Å². The summed E-state index contributed by atoms with van der Waals surface area (Å²) in [4.78, 5) is 25.3. The third-order valence-electron chi connectivity index (χ3n) is 12.8. The minimum absolute atomic E-state index is 0.00803. The van der Waals surface area contributed by atoms with E-state index >= 15 is 0 Å². The zero-order chi connectivity index (χ0) is 48.5. The van der Waals surface area contributed by atoms with Gasteiger partial charge in [0.1, 0.15) is 13.2 Å². The van der Waals surface area contributed by atoms with E-state index in [0.29, 0.717) is 17.4 Å². The predicted molar refractivity (Wildman–Crippen MR) is 284 cm³/mol. The van der Waals surface area contributed by atoms with E-state index in [1.165, 1.54) is 199 Å².